The van der Waals surface area contributed by atoms with E-state index < -0.39 is 0 Å². The van der Waals surface area contributed by atoms with E-state index in [0.29, 0.717) is 11.6 Å². The number of halogens is 1. The van der Waals surface area contributed by atoms with Crippen LogP contribution in [0.3, 0.4) is 0 Å². The van der Waals surface area contributed by atoms with Gasteiger partial charge in [-0.3, -0.25) is 0 Å². The molecule has 2 N–H and O–H groups in total. The second kappa shape index (κ2) is 5.91. The Morgan fingerprint density at radius 1 is 1.32 bits per heavy atom. The van der Waals surface area contributed by atoms with Crippen molar-refractivity contribution in [1.29, 1.82) is 0 Å². The third-order valence-electron chi connectivity index (χ3n) is 4.16. The Balaban J connectivity index is 2.43. The maximum Gasteiger partial charge on any atom is 0.126 e. The molecule has 2 nitrogen and oxygen atoms in total. The molecule has 1 aromatic rings. The van der Waals surface area contributed by atoms with E-state index in [-0.39, 0.29) is 11.9 Å². The van der Waals surface area contributed by atoms with Gasteiger partial charge in [-0.15, -0.1) is 0 Å². The summed E-state index contributed by atoms with van der Waals surface area (Å²) in [5.41, 5.74) is 8.79. The van der Waals surface area contributed by atoms with Crippen LogP contribution < -0.4 is 10.6 Å². The Hall–Kier alpha value is -1.09. The van der Waals surface area contributed by atoms with Crippen LogP contribution in [0.1, 0.15) is 56.7 Å². The fourth-order valence-corrected chi connectivity index (χ4v) is 2.93. The molecule has 1 saturated heterocycles. The van der Waals surface area contributed by atoms with Crippen LogP contribution in [0.5, 0.6) is 0 Å². The topological polar surface area (TPSA) is 29.3 Å². The first kappa shape index (κ1) is 14.3. The number of hydrogen-bond acceptors (Lipinski definition) is 2. The maximum atomic E-state index is 13.8. The minimum absolute atomic E-state index is 0.138. The highest BCUT2D eigenvalue weighted by Gasteiger charge is 2.22. The van der Waals surface area contributed by atoms with Gasteiger partial charge in [0.15, 0.2) is 0 Å². The van der Waals surface area contributed by atoms with E-state index in [0.717, 1.165) is 17.8 Å². The monoisotopic (exact) mass is 264 g/mol. The Kier molecular flexibility index (Phi) is 4.46. The minimum atomic E-state index is -0.154. The van der Waals surface area contributed by atoms with Crippen molar-refractivity contribution < 1.29 is 4.39 Å². The predicted molar refractivity (Wildman–Crippen MR) is 79.0 cm³/mol. The lowest BCUT2D eigenvalue weighted by Crippen LogP contribution is -2.34. The summed E-state index contributed by atoms with van der Waals surface area (Å²) in [6.45, 7) is 7.06. The molecule has 1 heterocycles. The zero-order valence-electron chi connectivity index (χ0n) is 12.2. The number of hydrogen-bond donors (Lipinski definition) is 1. The van der Waals surface area contributed by atoms with Crippen LogP contribution in [0.4, 0.5) is 10.1 Å². The number of benzene rings is 1. The highest BCUT2D eigenvalue weighted by atomic mass is 19.1. The highest BCUT2D eigenvalue weighted by Crippen LogP contribution is 2.32. The number of aryl methyl sites for hydroxylation is 1. The second-order valence-electron chi connectivity index (χ2n) is 5.84. The van der Waals surface area contributed by atoms with Crippen molar-refractivity contribution in [3.05, 3.63) is 29.1 Å². The van der Waals surface area contributed by atoms with E-state index >= 15 is 0 Å². The third kappa shape index (κ3) is 3.08. The first-order valence-corrected chi connectivity index (χ1v) is 7.33. The summed E-state index contributed by atoms with van der Waals surface area (Å²) in [6, 6.07) is 3.95. The SMILES string of the molecule is Cc1cc(N2CCCCCC2C)c([C@H](C)N)cc1F. The van der Waals surface area contributed by atoms with Gasteiger partial charge in [0.25, 0.3) is 0 Å². The molecule has 2 atom stereocenters. The van der Waals surface area contributed by atoms with Crippen molar-refractivity contribution in [2.24, 2.45) is 5.73 Å². The van der Waals surface area contributed by atoms with Gasteiger partial charge in [-0.1, -0.05) is 12.8 Å². The minimum Gasteiger partial charge on any atom is -0.369 e. The van der Waals surface area contributed by atoms with Crippen molar-refractivity contribution in [2.75, 3.05) is 11.4 Å². The molecule has 3 heteroatoms. The molecule has 1 aliphatic rings. The standard InChI is InChI=1S/C16H25FN2/c1-11-9-16(14(13(3)18)10-15(11)17)19-8-6-4-5-7-12(19)2/h9-10,12-13H,4-8,18H2,1-3H3/t12?,13-/m0/s1. The second-order valence-corrected chi connectivity index (χ2v) is 5.84. The summed E-state index contributed by atoms with van der Waals surface area (Å²) >= 11 is 0. The average molecular weight is 264 g/mol. The summed E-state index contributed by atoms with van der Waals surface area (Å²) in [5, 5.41) is 0. The molecule has 0 spiro atoms. The smallest absolute Gasteiger partial charge is 0.126 e. The molecule has 0 aliphatic carbocycles. The maximum absolute atomic E-state index is 13.8. The van der Waals surface area contributed by atoms with Gasteiger partial charge in [0, 0.05) is 24.3 Å². The van der Waals surface area contributed by atoms with Gasteiger partial charge in [-0.25, -0.2) is 4.39 Å². The van der Waals surface area contributed by atoms with E-state index in [1.54, 1.807) is 6.07 Å². The summed E-state index contributed by atoms with van der Waals surface area (Å²) in [6.07, 6.45) is 4.98. The van der Waals surface area contributed by atoms with E-state index in [1.165, 1.54) is 25.7 Å². The Labute approximate surface area is 115 Å². The van der Waals surface area contributed by atoms with Crippen molar-refractivity contribution in [2.45, 2.75) is 58.5 Å². The molecule has 2 rings (SSSR count). The van der Waals surface area contributed by atoms with Crippen LogP contribution in [0.2, 0.25) is 0 Å². The molecule has 0 amide bonds. The number of nitrogens with zero attached hydrogens (tertiary/aromatic N) is 1. The summed E-state index contributed by atoms with van der Waals surface area (Å²) in [7, 11) is 0. The van der Waals surface area contributed by atoms with Crippen LogP contribution in [0.25, 0.3) is 0 Å². The van der Waals surface area contributed by atoms with E-state index in [2.05, 4.69) is 11.8 Å². The van der Waals surface area contributed by atoms with Gasteiger partial charge >= 0.3 is 0 Å². The van der Waals surface area contributed by atoms with Crippen LogP contribution in [0, 0.1) is 12.7 Å². The zero-order chi connectivity index (χ0) is 14.0. The fraction of sp³-hybridized carbons (Fsp3) is 0.625. The quantitative estimate of drug-likeness (QED) is 0.877. The Bertz CT molecular complexity index is 443. The fourth-order valence-electron chi connectivity index (χ4n) is 2.93. The third-order valence-corrected chi connectivity index (χ3v) is 4.16. The van der Waals surface area contributed by atoms with Gasteiger partial charge in [0.2, 0.25) is 0 Å². The zero-order valence-corrected chi connectivity index (χ0v) is 12.2. The van der Waals surface area contributed by atoms with E-state index in [4.69, 9.17) is 5.73 Å². The molecule has 1 aromatic carbocycles. The van der Waals surface area contributed by atoms with Crippen LogP contribution >= 0.6 is 0 Å². The highest BCUT2D eigenvalue weighted by molar-refractivity contribution is 5.57. The molecule has 19 heavy (non-hydrogen) atoms. The normalized spacial score (nSPS) is 22.2. The molecule has 1 fully saturated rings. The largest absolute Gasteiger partial charge is 0.369 e. The van der Waals surface area contributed by atoms with Crippen molar-refractivity contribution in [3.63, 3.8) is 0 Å². The predicted octanol–water partition coefficient (Wildman–Crippen LogP) is 3.92. The number of rotatable bonds is 2. The lowest BCUT2D eigenvalue weighted by molar-refractivity contribution is 0.599. The Morgan fingerprint density at radius 2 is 2.05 bits per heavy atom. The van der Waals surface area contributed by atoms with Gasteiger partial charge < -0.3 is 10.6 Å². The number of nitrogens with two attached hydrogens (primary N) is 1. The molecule has 0 bridgehead atoms. The van der Waals surface area contributed by atoms with Gasteiger partial charge in [0.1, 0.15) is 5.82 Å². The summed E-state index contributed by atoms with van der Waals surface area (Å²) < 4.78 is 13.8. The van der Waals surface area contributed by atoms with Gasteiger partial charge in [-0.2, -0.15) is 0 Å². The molecule has 0 saturated carbocycles. The van der Waals surface area contributed by atoms with Crippen molar-refractivity contribution in [3.8, 4) is 0 Å². The Morgan fingerprint density at radius 3 is 2.74 bits per heavy atom. The van der Waals surface area contributed by atoms with Crippen molar-refractivity contribution in [1.82, 2.24) is 0 Å². The van der Waals surface area contributed by atoms with E-state index in [9.17, 15) is 4.39 Å². The molecule has 0 radical (unpaired) electrons. The van der Waals surface area contributed by atoms with Crippen LogP contribution in [-0.2, 0) is 0 Å². The van der Waals surface area contributed by atoms with Gasteiger partial charge in [-0.05, 0) is 56.9 Å². The molecule has 1 unspecified atom stereocenters. The first-order valence-electron chi connectivity index (χ1n) is 7.33. The van der Waals surface area contributed by atoms with Crippen molar-refractivity contribution >= 4 is 5.69 Å². The van der Waals surface area contributed by atoms with Gasteiger partial charge in [0.05, 0.1) is 0 Å². The average Bonchev–Trinajstić information content (AvgIpc) is 2.56. The lowest BCUT2D eigenvalue weighted by atomic mass is 10.0. The van der Waals surface area contributed by atoms with Crippen LogP contribution in [0.15, 0.2) is 12.1 Å². The summed E-state index contributed by atoms with van der Waals surface area (Å²) in [5.74, 6) is -0.154. The summed E-state index contributed by atoms with van der Waals surface area (Å²) in [4.78, 5) is 2.41. The molecular formula is C16H25FN2. The van der Waals surface area contributed by atoms with Crippen LogP contribution in [-0.4, -0.2) is 12.6 Å². The number of anilines is 1. The first-order chi connectivity index (χ1) is 9.00. The lowest BCUT2D eigenvalue weighted by Gasteiger charge is -2.32. The molecule has 0 aromatic heterocycles. The molecule has 1 aliphatic heterocycles. The van der Waals surface area contributed by atoms with E-state index in [1.807, 2.05) is 19.9 Å². The molecular weight excluding hydrogens is 239 g/mol. The molecule has 106 valence electrons.